The van der Waals surface area contributed by atoms with Crippen molar-refractivity contribution in [1.29, 1.82) is 0 Å². The molecule has 1 aromatic heterocycles. The van der Waals surface area contributed by atoms with E-state index in [4.69, 9.17) is 0 Å². The number of carbonyl (C=O) groups is 2. The number of alkyl halides is 3. The highest BCUT2D eigenvalue weighted by Gasteiger charge is 2.34. The second-order valence-electron chi connectivity index (χ2n) is 10.6. The fourth-order valence-corrected chi connectivity index (χ4v) is 5.50. The number of benzene rings is 3. The minimum atomic E-state index is -4.57. The van der Waals surface area contributed by atoms with Gasteiger partial charge in [0.1, 0.15) is 0 Å². The number of ketones is 1. The molecule has 1 N–H and O–H groups in total. The van der Waals surface area contributed by atoms with E-state index in [1.54, 1.807) is 24.0 Å². The Hall–Kier alpha value is -4.40. The number of hydrogen-bond donors (Lipinski definition) is 1. The fourth-order valence-electron chi connectivity index (χ4n) is 5.50. The van der Waals surface area contributed by atoms with Gasteiger partial charge in [-0.05, 0) is 61.7 Å². The molecule has 1 amide bonds. The maximum atomic E-state index is 13.6. The lowest BCUT2D eigenvalue weighted by Gasteiger charge is -2.16. The van der Waals surface area contributed by atoms with Crippen LogP contribution in [0.25, 0.3) is 16.6 Å². The molecule has 2 heterocycles. The standard InChI is InChI=1S/C32H30F3N3O3/c1-19-11-20(2)13-25(12-19)38-27-15-24(32(33,34)35)9-10-26(27)30(31(38)41)21(3)36-16-28(39)23-14-29(40)37(18-23)17-22-7-5-4-6-8-22/h4-13,15,23,41H,14,16-18H2,1-3H3. The molecule has 5 rings (SSSR count). The van der Waals surface area contributed by atoms with E-state index in [-0.39, 0.29) is 41.6 Å². The number of hydrogen-bond acceptors (Lipinski definition) is 4. The summed E-state index contributed by atoms with van der Waals surface area (Å²) < 4.78 is 42.2. The SMILES string of the molecule is CC(=NCC(=O)C1CC(=O)N(Cc2ccccc2)C1)c1c(O)n(-c2cc(C)cc(C)c2)c2cc(C(F)(F)F)ccc12. The van der Waals surface area contributed by atoms with Crippen molar-refractivity contribution in [2.75, 3.05) is 13.1 Å². The first-order chi connectivity index (χ1) is 19.4. The number of carbonyl (C=O) groups excluding carboxylic acids is 2. The van der Waals surface area contributed by atoms with Crippen molar-refractivity contribution in [2.24, 2.45) is 10.9 Å². The lowest BCUT2D eigenvalue weighted by atomic mass is 10.0. The van der Waals surface area contributed by atoms with E-state index >= 15 is 0 Å². The van der Waals surface area contributed by atoms with Crippen molar-refractivity contribution in [2.45, 2.75) is 39.9 Å². The normalized spacial score (nSPS) is 16.1. The molecule has 1 aliphatic heterocycles. The molecule has 1 aliphatic rings. The Bertz CT molecular complexity index is 1650. The Balaban J connectivity index is 1.45. The Morgan fingerprint density at radius 3 is 2.37 bits per heavy atom. The number of halogens is 3. The molecule has 1 fully saturated rings. The minimum absolute atomic E-state index is 0.0949. The third kappa shape index (κ3) is 5.75. The van der Waals surface area contributed by atoms with Crippen molar-refractivity contribution in [3.8, 4) is 11.6 Å². The number of rotatable bonds is 7. The summed E-state index contributed by atoms with van der Waals surface area (Å²) in [4.78, 5) is 31.7. The summed E-state index contributed by atoms with van der Waals surface area (Å²) >= 11 is 0. The number of aryl methyl sites for hydroxylation is 2. The zero-order chi connectivity index (χ0) is 29.5. The number of aromatic hydroxyl groups is 1. The molecular formula is C32H30F3N3O3. The first-order valence-electron chi connectivity index (χ1n) is 13.3. The van der Waals surface area contributed by atoms with Crippen LogP contribution in [-0.2, 0) is 22.3 Å². The predicted molar refractivity (Wildman–Crippen MR) is 151 cm³/mol. The average molecular weight is 562 g/mol. The van der Waals surface area contributed by atoms with Gasteiger partial charge >= 0.3 is 6.18 Å². The van der Waals surface area contributed by atoms with E-state index in [9.17, 15) is 27.9 Å². The van der Waals surface area contributed by atoms with Crippen molar-refractivity contribution < 1.29 is 27.9 Å². The van der Waals surface area contributed by atoms with Crippen LogP contribution in [0.15, 0.2) is 71.7 Å². The smallest absolute Gasteiger partial charge is 0.416 e. The van der Waals surface area contributed by atoms with E-state index in [1.165, 1.54) is 10.6 Å². The number of nitrogens with zero attached hydrogens (tertiary/aromatic N) is 3. The summed E-state index contributed by atoms with van der Waals surface area (Å²) in [6.45, 7) is 5.88. The van der Waals surface area contributed by atoms with Crippen LogP contribution in [0.2, 0.25) is 0 Å². The maximum Gasteiger partial charge on any atom is 0.416 e. The molecule has 0 saturated carbocycles. The van der Waals surface area contributed by atoms with E-state index in [0.717, 1.165) is 28.8 Å². The van der Waals surface area contributed by atoms with E-state index in [1.807, 2.05) is 50.2 Å². The number of fused-ring (bicyclic) bond motifs is 1. The summed E-state index contributed by atoms with van der Waals surface area (Å²) in [6.07, 6.45) is -4.46. The lowest BCUT2D eigenvalue weighted by Crippen LogP contribution is -2.26. The monoisotopic (exact) mass is 561 g/mol. The highest BCUT2D eigenvalue weighted by Crippen LogP contribution is 2.39. The lowest BCUT2D eigenvalue weighted by molar-refractivity contribution is -0.137. The van der Waals surface area contributed by atoms with Gasteiger partial charge in [-0.2, -0.15) is 13.2 Å². The van der Waals surface area contributed by atoms with Crippen LogP contribution in [0.4, 0.5) is 13.2 Å². The zero-order valence-electron chi connectivity index (χ0n) is 23.0. The maximum absolute atomic E-state index is 13.6. The van der Waals surface area contributed by atoms with Gasteiger partial charge in [-0.25, -0.2) is 0 Å². The van der Waals surface area contributed by atoms with Crippen molar-refractivity contribution in [3.05, 3.63) is 94.5 Å². The summed E-state index contributed by atoms with van der Waals surface area (Å²) in [5, 5.41) is 11.7. The molecule has 41 heavy (non-hydrogen) atoms. The second-order valence-corrected chi connectivity index (χ2v) is 10.6. The van der Waals surface area contributed by atoms with Gasteiger partial charge in [0.15, 0.2) is 5.78 Å². The number of aromatic nitrogens is 1. The van der Waals surface area contributed by atoms with Crippen LogP contribution >= 0.6 is 0 Å². The molecule has 3 aromatic carbocycles. The van der Waals surface area contributed by atoms with Gasteiger partial charge in [-0.1, -0.05) is 42.5 Å². The highest BCUT2D eigenvalue weighted by atomic mass is 19.4. The summed E-state index contributed by atoms with van der Waals surface area (Å²) in [5.41, 5.74) is 3.18. The van der Waals surface area contributed by atoms with Gasteiger partial charge in [-0.15, -0.1) is 0 Å². The van der Waals surface area contributed by atoms with Gasteiger partial charge in [0.25, 0.3) is 0 Å². The van der Waals surface area contributed by atoms with E-state index < -0.39 is 17.7 Å². The Labute approximate surface area is 235 Å². The molecule has 1 saturated heterocycles. The molecule has 212 valence electrons. The van der Waals surface area contributed by atoms with Gasteiger partial charge < -0.3 is 10.0 Å². The summed E-state index contributed by atoms with van der Waals surface area (Å²) in [7, 11) is 0. The number of Topliss-reactive ketones (excluding diaryl/α,β-unsaturated/α-hetero) is 1. The first-order valence-corrected chi connectivity index (χ1v) is 13.3. The van der Waals surface area contributed by atoms with Crippen LogP contribution in [0.5, 0.6) is 5.88 Å². The largest absolute Gasteiger partial charge is 0.494 e. The molecule has 1 unspecified atom stereocenters. The van der Waals surface area contributed by atoms with Crippen molar-refractivity contribution in [3.63, 3.8) is 0 Å². The van der Waals surface area contributed by atoms with Crippen LogP contribution in [0, 0.1) is 19.8 Å². The van der Waals surface area contributed by atoms with Gasteiger partial charge in [0.05, 0.1) is 23.2 Å². The average Bonchev–Trinajstić information content (AvgIpc) is 3.42. The van der Waals surface area contributed by atoms with E-state index in [0.29, 0.717) is 29.9 Å². The fraction of sp³-hybridized carbons (Fsp3) is 0.281. The molecule has 0 aliphatic carbocycles. The Morgan fingerprint density at radius 2 is 1.71 bits per heavy atom. The molecule has 0 bridgehead atoms. The summed E-state index contributed by atoms with van der Waals surface area (Å²) in [5.74, 6) is -1.06. The third-order valence-corrected chi connectivity index (χ3v) is 7.46. The van der Waals surface area contributed by atoms with Crippen LogP contribution < -0.4 is 0 Å². The van der Waals surface area contributed by atoms with Gasteiger partial charge in [-0.3, -0.25) is 19.1 Å². The molecule has 9 heteroatoms. The number of amides is 1. The van der Waals surface area contributed by atoms with Crippen LogP contribution in [0.3, 0.4) is 0 Å². The molecule has 6 nitrogen and oxygen atoms in total. The second kappa shape index (κ2) is 10.9. The van der Waals surface area contributed by atoms with Crippen LogP contribution in [0.1, 0.15) is 41.2 Å². The quantitative estimate of drug-likeness (QED) is 0.266. The molecular weight excluding hydrogens is 531 g/mol. The first kappa shape index (κ1) is 28.1. The zero-order valence-corrected chi connectivity index (χ0v) is 23.0. The van der Waals surface area contributed by atoms with E-state index in [2.05, 4.69) is 4.99 Å². The van der Waals surface area contributed by atoms with Gasteiger partial charge in [0, 0.05) is 42.2 Å². The minimum Gasteiger partial charge on any atom is -0.494 e. The summed E-state index contributed by atoms with van der Waals surface area (Å²) in [6, 6.07) is 18.3. The predicted octanol–water partition coefficient (Wildman–Crippen LogP) is 6.40. The van der Waals surface area contributed by atoms with Gasteiger partial charge in [0.2, 0.25) is 11.8 Å². The third-order valence-electron chi connectivity index (χ3n) is 7.46. The topological polar surface area (TPSA) is 74.9 Å². The number of aliphatic imine (C=N–C) groups is 1. The number of likely N-dealkylation sites (tertiary alicyclic amines) is 1. The molecule has 0 radical (unpaired) electrons. The molecule has 0 spiro atoms. The Morgan fingerprint density at radius 1 is 1.02 bits per heavy atom. The van der Waals surface area contributed by atoms with Crippen LogP contribution in [-0.4, -0.2) is 45.1 Å². The molecule has 1 atom stereocenters. The molecule has 4 aromatic rings. The Kier molecular flexibility index (Phi) is 7.46. The van der Waals surface area contributed by atoms with Crippen molar-refractivity contribution >= 4 is 28.3 Å². The van der Waals surface area contributed by atoms with Crippen molar-refractivity contribution in [1.82, 2.24) is 9.47 Å². The highest BCUT2D eigenvalue weighted by molar-refractivity contribution is 6.13.